The minimum atomic E-state index is -0.358. The van der Waals surface area contributed by atoms with E-state index in [-0.39, 0.29) is 11.7 Å². The Hall–Kier alpha value is -3.41. The number of halogens is 1. The van der Waals surface area contributed by atoms with Crippen molar-refractivity contribution in [3.8, 4) is 0 Å². The van der Waals surface area contributed by atoms with E-state index in [2.05, 4.69) is 20.9 Å². The van der Waals surface area contributed by atoms with Gasteiger partial charge in [-0.15, -0.1) is 0 Å². The first-order valence-corrected chi connectivity index (χ1v) is 10.3. The number of nitrogens with zero attached hydrogens (tertiary/aromatic N) is 1. The van der Waals surface area contributed by atoms with Crippen molar-refractivity contribution in [1.82, 2.24) is 4.98 Å². The van der Waals surface area contributed by atoms with Gasteiger partial charge >= 0.3 is 0 Å². The number of nitrogens with one attached hydrogen (secondary N) is 3. The molecule has 154 valence electrons. The van der Waals surface area contributed by atoms with Gasteiger partial charge in [-0.2, -0.15) is 0 Å². The second-order valence-corrected chi connectivity index (χ2v) is 7.60. The Morgan fingerprint density at radius 3 is 2.50 bits per heavy atom. The van der Waals surface area contributed by atoms with Crippen LogP contribution in [0.15, 0.2) is 66.9 Å². The Morgan fingerprint density at radius 2 is 1.73 bits per heavy atom. The maximum absolute atomic E-state index is 13.4. The number of carbonyl (C=O) groups is 1. The van der Waals surface area contributed by atoms with Gasteiger partial charge in [-0.25, -0.2) is 9.37 Å². The third-order valence-electron chi connectivity index (χ3n) is 5.35. The summed E-state index contributed by atoms with van der Waals surface area (Å²) in [7, 11) is 0. The summed E-state index contributed by atoms with van der Waals surface area (Å²) in [5, 5.41) is 9.39. The standard InChI is InChI=1S/C24H25FN4O/c25-18-7-3-8-21(15-18)28-23-22(9-4-14-26-23)24(30)29-20-12-10-19(11-13-20)27-16-17-5-1-2-6-17/h3-4,7-15,17,27H,1-2,5-6,16H2,(H,26,28)(H,29,30). The number of benzene rings is 2. The molecule has 6 heteroatoms. The monoisotopic (exact) mass is 404 g/mol. The van der Waals surface area contributed by atoms with Crippen LogP contribution in [-0.2, 0) is 0 Å². The van der Waals surface area contributed by atoms with E-state index in [1.807, 2.05) is 24.3 Å². The molecule has 1 amide bonds. The Labute approximate surface area is 175 Å². The van der Waals surface area contributed by atoms with Crippen LogP contribution < -0.4 is 16.0 Å². The van der Waals surface area contributed by atoms with Gasteiger partial charge in [0.1, 0.15) is 11.6 Å². The van der Waals surface area contributed by atoms with Crippen molar-refractivity contribution in [3.63, 3.8) is 0 Å². The van der Waals surface area contributed by atoms with Crippen LogP contribution in [0.3, 0.4) is 0 Å². The van der Waals surface area contributed by atoms with E-state index in [9.17, 15) is 9.18 Å². The fourth-order valence-electron chi connectivity index (χ4n) is 3.74. The summed E-state index contributed by atoms with van der Waals surface area (Å²) in [5.41, 5.74) is 2.66. The van der Waals surface area contributed by atoms with Crippen LogP contribution in [-0.4, -0.2) is 17.4 Å². The Kier molecular flexibility index (Phi) is 6.23. The van der Waals surface area contributed by atoms with Gasteiger partial charge in [0.15, 0.2) is 0 Å². The zero-order valence-corrected chi connectivity index (χ0v) is 16.7. The molecule has 1 saturated carbocycles. The number of aromatic nitrogens is 1. The minimum Gasteiger partial charge on any atom is -0.385 e. The van der Waals surface area contributed by atoms with E-state index in [0.717, 1.165) is 18.2 Å². The van der Waals surface area contributed by atoms with Crippen molar-refractivity contribution in [2.45, 2.75) is 25.7 Å². The number of hydrogen-bond acceptors (Lipinski definition) is 4. The van der Waals surface area contributed by atoms with Gasteiger partial charge in [0.25, 0.3) is 5.91 Å². The summed E-state index contributed by atoms with van der Waals surface area (Å²) in [6.07, 6.45) is 6.86. The van der Waals surface area contributed by atoms with Gasteiger partial charge in [-0.1, -0.05) is 18.9 Å². The van der Waals surface area contributed by atoms with Gasteiger partial charge in [-0.05, 0) is 73.4 Å². The van der Waals surface area contributed by atoms with Crippen LogP contribution in [0.25, 0.3) is 0 Å². The molecule has 5 nitrogen and oxygen atoms in total. The molecule has 1 aliphatic rings. The van der Waals surface area contributed by atoms with E-state index in [4.69, 9.17) is 0 Å². The lowest BCUT2D eigenvalue weighted by molar-refractivity contribution is 0.102. The SMILES string of the molecule is O=C(Nc1ccc(NCC2CCCC2)cc1)c1cccnc1Nc1cccc(F)c1. The Bertz CT molecular complexity index is 1000. The molecule has 1 heterocycles. The number of amides is 1. The summed E-state index contributed by atoms with van der Waals surface area (Å²) < 4.78 is 13.4. The first kappa shape index (κ1) is 19.9. The molecule has 0 atom stereocenters. The molecular weight excluding hydrogens is 379 g/mol. The quantitative estimate of drug-likeness (QED) is 0.464. The maximum atomic E-state index is 13.4. The molecule has 0 bridgehead atoms. The molecule has 30 heavy (non-hydrogen) atoms. The van der Waals surface area contributed by atoms with E-state index in [1.54, 1.807) is 30.5 Å². The van der Waals surface area contributed by atoms with E-state index in [1.165, 1.54) is 37.8 Å². The second-order valence-electron chi connectivity index (χ2n) is 7.60. The largest absolute Gasteiger partial charge is 0.385 e. The van der Waals surface area contributed by atoms with Gasteiger partial charge in [0.2, 0.25) is 0 Å². The van der Waals surface area contributed by atoms with Crippen molar-refractivity contribution in [2.24, 2.45) is 5.92 Å². The molecule has 0 radical (unpaired) electrons. The van der Waals surface area contributed by atoms with Crippen LogP contribution >= 0.6 is 0 Å². The molecule has 4 rings (SSSR count). The Balaban J connectivity index is 1.40. The van der Waals surface area contributed by atoms with Crippen molar-refractivity contribution in [2.75, 3.05) is 22.5 Å². The van der Waals surface area contributed by atoms with E-state index < -0.39 is 0 Å². The van der Waals surface area contributed by atoms with Crippen molar-refractivity contribution < 1.29 is 9.18 Å². The third kappa shape index (κ3) is 5.14. The van der Waals surface area contributed by atoms with E-state index in [0.29, 0.717) is 22.8 Å². The van der Waals surface area contributed by atoms with Crippen LogP contribution in [0.4, 0.5) is 27.3 Å². The average molecular weight is 404 g/mol. The predicted molar refractivity (Wildman–Crippen MR) is 119 cm³/mol. The average Bonchev–Trinajstić information content (AvgIpc) is 3.27. The summed E-state index contributed by atoms with van der Waals surface area (Å²) in [6.45, 7) is 0.997. The number of pyridine rings is 1. The highest BCUT2D eigenvalue weighted by Gasteiger charge is 2.15. The van der Waals surface area contributed by atoms with Crippen LogP contribution in [0.5, 0.6) is 0 Å². The number of carbonyl (C=O) groups excluding carboxylic acids is 1. The normalized spacial score (nSPS) is 13.8. The lowest BCUT2D eigenvalue weighted by Crippen LogP contribution is -2.15. The van der Waals surface area contributed by atoms with Crippen molar-refractivity contribution in [3.05, 3.63) is 78.2 Å². The fraction of sp³-hybridized carbons (Fsp3) is 0.250. The van der Waals surface area contributed by atoms with Gasteiger partial charge < -0.3 is 16.0 Å². The highest BCUT2D eigenvalue weighted by atomic mass is 19.1. The summed E-state index contributed by atoms with van der Waals surface area (Å²) >= 11 is 0. The number of anilines is 4. The zero-order valence-electron chi connectivity index (χ0n) is 16.7. The summed E-state index contributed by atoms with van der Waals surface area (Å²) in [5.74, 6) is 0.492. The van der Waals surface area contributed by atoms with Crippen LogP contribution in [0, 0.1) is 11.7 Å². The molecular formula is C24H25FN4O. The maximum Gasteiger partial charge on any atom is 0.259 e. The van der Waals surface area contributed by atoms with Gasteiger partial charge in [0.05, 0.1) is 5.56 Å². The minimum absolute atomic E-state index is 0.284. The highest BCUT2D eigenvalue weighted by molar-refractivity contribution is 6.07. The first-order chi connectivity index (χ1) is 14.7. The molecule has 2 aromatic carbocycles. The molecule has 0 spiro atoms. The smallest absolute Gasteiger partial charge is 0.259 e. The lowest BCUT2D eigenvalue weighted by Gasteiger charge is -2.13. The molecule has 0 aliphatic heterocycles. The zero-order chi connectivity index (χ0) is 20.8. The van der Waals surface area contributed by atoms with Crippen molar-refractivity contribution in [1.29, 1.82) is 0 Å². The molecule has 3 aromatic rings. The van der Waals surface area contributed by atoms with Crippen LogP contribution in [0.1, 0.15) is 36.0 Å². The first-order valence-electron chi connectivity index (χ1n) is 10.3. The van der Waals surface area contributed by atoms with Crippen molar-refractivity contribution >= 4 is 28.8 Å². The molecule has 0 unspecified atom stereocenters. The highest BCUT2D eigenvalue weighted by Crippen LogP contribution is 2.25. The predicted octanol–water partition coefficient (Wildman–Crippen LogP) is 5.82. The summed E-state index contributed by atoms with van der Waals surface area (Å²) in [4.78, 5) is 17.0. The number of rotatable bonds is 7. The topological polar surface area (TPSA) is 66.0 Å². The molecule has 1 fully saturated rings. The van der Waals surface area contributed by atoms with E-state index >= 15 is 0 Å². The van der Waals surface area contributed by atoms with Gasteiger partial charge in [0, 0.05) is 29.8 Å². The lowest BCUT2D eigenvalue weighted by atomic mass is 10.1. The Morgan fingerprint density at radius 1 is 0.967 bits per heavy atom. The molecule has 1 aromatic heterocycles. The summed E-state index contributed by atoms with van der Waals surface area (Å²) in [6, 6.07) is 17.1. The number of hydrogen-bond donors (Lipinski definition) is 3. The fourth-order valence-corrected chi connectivity index (χ4v) is 3.74. The molecule has 1 aliphatic carbocycles. The van der Waals surface area contributed by atoms with Gasteiger partial charge in [-0.3, -0.25) is 4.79 Å². The molecule has 0 saturated heterocycles. The second kappa shape index (κ2) is 9.39. The molecule has 3 N–H and O–H groups in total. The van der Waals surface area contributed by atoms with Crippen LogP contribution in [0.2, 0.25) is 0 Å². The third-order valence-corrected chi connectivity index (χ3v) is 5.35.